The zero-order valence-corrected chi connectivity index (χ0v) is 14.3. The van der Waals surface area contributed by atoms with Crippen molar-refractivity contribution >= 4 is 6.03 Å². The topological polar surface area (TPSA) is 55.8 Å². The molecular weight excluding hydrogens is 290 g/mol. The van der Waals surface area contributed by atoms with Gasteiger partial charge in [-0.1, -0.05) is 29.8 Å². The van der Waals surface area contributed by atoms with Crippen LogP contribution in [0.1, 0.15) is 36.9 Å². The lowest BCUT2D eigenvalue weighted by Gasteiger charge is -2.29. The Morgan fingerprint density at radius 3 is 2.52 bits per heavy atom. The summed E-state index contributed by atoms with van der Waals surface area (Å²) in [7, 11) is 0. The van der Waals surface area contributed by atoms with Crippen molar-refractivity contribution in [2.75, 3.05) is 39.3 Å². The van der Waals surface area contributed by atoms with E-state index in [0.717, 1.165) is 13.1 Å². The van der Waals surface area contributed by atoms with E-state index in [1.807, 2.05) is 6.92 Å². The molecule has 1 fully saturated rings. The van der Waals surface area contributed by atoms with Gasteiger partial charge in [0.15, 0.2) is 0 Å². The van der Waals surface area contributed by atoms with Crippen molar-refractivity contribution in [3.8, 4) is 0 Å². The van der Waals surface area contributed by atoms with Gasteiger partial charge in [0.05, 0.1) is 12.6 Å². The highest BCUT2D eigenvalue weighted by atomic mass is 16.3. The summed E-state index contributed by atoms with van der Waals surface area (Å²) in [6.45, 7) is 7.76. The lowest BCUT2D eigenvalue weighted by molar-refractivity contribution is 0.174. The average molecular weight is 319 g/mol. The Labute approximate surface area is 139 Å². The maximum absolute atomic E-state index is 12.3. The first-order chi connectivity index (χ1) is 11.2. The van der Waals surface area contributed by atoms with Gasteiger partial charge in [-0.25, -0.2) is 4.79 Å². The van der Waals surface area contributed by atoms with Crippen LogP contribution in [0.4, 0.5) is 4.79 Å². The van der Waals surface area contributed by atoms with Crippen LogP contribution in [0.3, 0.4) is 0 Å². The number of amides is 2. The fourth-order valence-electron chi connectivity index (χ4n) is 3.12. The summed E-state index contributed by atoms with van der Waals surface area (Å²) in [6, 6.07) is 8.70. The van der Waals surface area contributed by atoms with Crippen LogP contribution in [0.15, 0.2) is 24.3 Å². The maximum Gasteiger partial charge on any atom is 0.317 e. The van der Waals surface area contributed by atoms with Crippen LogP contribution in [0.25, 0.3) is 0 Å². The number of hydrogen-bond donors (Lipinski definition) is 2. The molecule has 1 aromatic rings. The molecule has 0 aliphatic carbocycles. The second kappa shape index (κ2) is 8.89. The molecule has 5 nitrogen and oxygen atoms in total. The number of likely N-dealkylation sites (tertiary alicyclic amines) is 1. The van der Waals surface area contributed by atoms with E-state index >= 15 is 0 Å². The lowest BCUT2D eigenvalue weighted by Crippen LogP contribution is -2.44. The van der Waals surface area contributed by atoms with E-state index in [0.29, 0.717) is 19.6 Å². The molecule has 2 rings (SSSR count). The van der Waals surface area contributed by atoms with Gasteiger partial charge in [-0.3, -0.25) is 4.90 Å². The van der Waals surface area contributed by atoms with Crippen LogP contribution in [-0.4, -0.2) is 60.3 Å². The summed E-state index contributed by atoms with van der Waals surface area (Å²) in [5.41, 5.74) is 2.50. The zero-order chi connectivity index (χ0) is 16.7. The first kappa shape index (κ1) is 17.8. The van der Waals surface area contributed by atoms with Crippen LogP contribution in [0.5, 0.6) is 0 Å². The predicted octanol–water partition coefficient (Wildman–Crippen LogP) is 2.16. The van der Waals surface area contributed by atoms with Crippen molar-refractivity contribution < 1.29 is 9.90 Å². The molecule has 0 aromatic heterocycles. The summed E-state index contributed by atoms with van der Waals surface area (Å²) in [4.78, 5) is 16.3. The molecule has 23 heavy (non-hydrogen) atoms. The second-order valence-corrected chi connectivity index (χ2v) is 6.16. The molecule has 1 unspecified atom stereocenters. The van der Waals surface area contributed by atoms with Crippen molar-refractivity contribution in [1.82, 2.24) is 15.1 Å². The molecule has 1 aliphatic rings. The number of urea groups is 1. The minimum atomic E-state index is -0.0992. The van der Waals surface area contributed by atoms with Gasteiger partial charge in [0.25, 0.3) is 0 Å². The largest absolute Gasteiger partial charge is 0.395 e. The van der Waals surface area contributed by atoms with Gasteiger partial charge in [-0.2, -0.15) is 0 Å². The molecule has 128 valence electrons. The number of rotatable bonds is 7. The number of carbonyl (C=O) groups is 1. The van der Waals surface area contributed by atoms with E-state index in [2.05, 4.69) is 41.4 Å². The molecule has 0 bridgehead atoms. The number of nitrogens with zero attached hydrogens (tertiary/aromatic N) is 2. The van der Waals surface area contributed by atoms with E-state index in [-0.39, 0.29) is 18.7 Å². The number of aryl methyl sites for hydroxylation is 1. The molecule has 2 N–H and O–H groups in total. The zero-order valence-electron chi connectivity index (χ0n) is 14.3. The van der Waals surface area contributed by atoms with Crippen molar-refractivity contribution in [2.45, 2.75) is 32.7 Å². The highest BCUT2D eigenvalue weighted by molar-refractivity contribution is 5.74. The fraction of sp³-hybridized carbons (Fsp3) is 0.611. The SMILES string of the molecule is CCN(CCO)C(=O)NCC(c1ccc(C)cc1)N1CCCC1. The number of benzene rings is 1. The number of aliphatic hydroxyl groups is 1. The lowest BCUT2D eigenvalue weighted by atomic mass is 10.0. The van der Waals surface area contributed by atoms with Crippen LogP contribution in [0.2, 0.25) is 0 Å². The van der Waals surface area contributed by atoms with Gasteiger partial charge in [-0.05, 0) is 45.3 Å². The van der Waals surface area contributed by atoms with Gasteiger partial charge in [0.1, 0.15) is 0 Å². The average Bonchev–Trinajstić information content (AvgIpc) is 3.08. The van der Waals surface area contributed by atoms with Gasteiger partial charge >= 0.3 is 6.03 Å². The molecule has 0 spiro atoms. The van der Waals surface area contributed by atoms with Gasteiger partial charge in [0, 0.05) is 19.6 Å². The third-order valence-electron chi connectivity index (χ3n) is 4.53. The standard InChI is InChI=1S/C18H29N3O2/c1-3-20(12-13-22)18(23)19-14-17(21-10-4-5-11-21)16-8-6-15(2)7-9-16/h6-9,17,22H,3-5,10-14H2,1-2H3,(H,19,23). The maximum atomic E-state index is 12.3. The smallest absolute Gasteiger partial charge is 0.317 e. The Hall–Kier alpha value is -1.59. The highest BCUT2D eigenvalue weighted by Crippen LogP contribution is 2.24. The normalized spacial score (nSPS) is 16.3. The molecule has 1 aliphatic heterocycles. The van der Waals surface area contributed by atoms with Gasteiger partial charge < -0.3 is 15.3 Å². The number of hydrogen-bond acceptors (Lipinski definition) is 3. The van der Waals surface area contributed by atoms with Crippen molar-refractivity contribution in [3.63, 3.8) is 0 Å². The minimum Gasteiger partial charge on any atom is -0.395 e. The third kappa shape index (κ3) is 4.94. The van der Waals surface area contributed by atoms with E-state index in [4.69, 9.17) is 5.11 Å². The number of carbonyl (C=O) groups excluding carboxylic acids is 1. The molecule has 1 atom stereocenters. The second-order valence-electron chi connectivity index (χ2n) is 6.16. The first-order valence-electron chi connectivity index (χ1n) is 8.60. The molecule has 1 aromatic carbocycles. The molecule has 0 saturated carbocycles. The Balaban J connectivity index is 2.03. The molecular formula is C18H29N3O2. The number of nitrogens with one attached hydrogen (secondary N) is 1. The Bertz CT molecular complexity index is 484. The van der Waals surface area contributed by atoms with E-state index in [1.54, 1.807) is 4.90 Å². The summed E-state index contributed by atoms with van der Waals surface area (Å²) < 4.78 is 0. The van der Waals surface area contributed by atoms with Crippen molar-refractivity contribution in [2.24, 2.45) is 0 Å². The van der Waals surface area contributed by atoms with Crippen LogP contribution >= 0.6 is 0 Å². The molecule has 2 amide bonds. The Morgan fingerprint density at radius 2 is 1.96 bits per heavy atom. The van der Waals surface area contributed by atoms with Gasteiger partial charge in [0.2, 0.25) is 0 Å². The van der Waals surface area contributed by atoms with Crippen LogP contribution in [-0.2, 0) is 0 Å². The minimum absolute atomic E-state index is 0.00518. The van der Waals surface area contributed by atoms with Crippen molar-refractivity contribution in [1.29, 1.82) is 0 Å². The monoisotopic (exact) mass is 319 g/mol. The van der Waals surface area contributed by atoms with Crippen LogP contribution in [0, 0.1) is 6.92 Å². The van der Waals surface area contributed by atoms with E-state index in [9.17, 15) is 4.79 Å². The van der Waals surface area contributed by atoms with E-state index < -0.39 is 0 Å². The van der Waals surface area contributed by atoms with Crippen LogP contribution < -0.4 is 5.32 Å². The predicted molar refractivity (Wildman–Crippen MR) is 92.5 cm³/mol. The summed E-state index contributed by atoms with van der Waals surface area (Å²) in [5, 5.41) is 12.1. The quantitative estimate of drug-likeness (QED) is 0.810. The molecule has 0 radical (unpaired) electrons. The molecule has 1 saturated heterocycles. The number of aliphatic hydroxyl groups excluding tert-OH is 1. The Morgan fingerprint density at radius 1 is 1.30 bits per heavy atom. The third-order valence-corrected chi connectivity index (χ3v) is 4.53. The summed E-state index contributed by atoms with van der Waals surface area (Å²) in [5.74, 6) is 0. The number of likely N-dealkylation sites (N-methyl/N-ethyl adjacent to an activating group) is 1. The van der Waals surface area contributed by atoms with E-state index in [1.165, 1.54) is 24.0 Å². The highest BCUT2D eigenvalue weighted by Gasteiger charge is 2.24. The molecule has 5 heteroatoms. The van der Waals surface area contributed by atoms with Gasteiger partial charge in [-0.15, -0.1) is 0 Å². The fourth-order valence-corrected chi connectivity index (χ4v) is 3.12. The first-order valence-corrected chi connectivity index (χ1v) is 8.60. The summed E-state index contributed by atoms with van der Waals surface area (Å²) in [6.07, 6.45) is 2.45. The van der Waals surface area contributed by atoms with Crippen molar-refractivity contribution in [3.05, 3.63) is 35.4 Å². The molecule has 1 heterocycles. The Kier molecular flexibility index (Phi) is 6.86. The summed E-state index contributed by atoms with van der Waals surface area (Å²) >= 11 is 0.